The summed E-state index contributed by atoms with van der Waals surface area (Å²) in [6.07, 6.45) is 0. The number of benzene rings is 1. The lowest BCUT2D eigenvalue weighted by Crippen LogP contribution is -2.25. The summed E-state index contributed by atoms with van der Waals surface area (Å²) in [4.78, 5) is 11.7. The zero-order valence-electron chi connectivity index (χ0n) is 9.50. The maximum atomic E-state index is 13.6. The van der Waals surface area contributed by atoms with Gasteiger partial charge in [0.2, 0.25) is 0 Å². The number of esters is 1. The first kappa shape index (κ1) is 12.3. The predicted molar refractivity (Wildman–Crippen MR) is 60.4 cm³/mol. The second-order valence-corrected chi connectivity index (χ2v) is 4.43. The van der Waals surface area contributed by atoms with E-state index in [1.54, 1.807) is 20.8 Å². The van der Waals surface area contributed by atoms with Crippen LogP contribution in [0.25, 0.3) is 0 Å². The predicted octanol–water partition coefficient (Wildman–Crippen LogP) is 1.95. The highest BCUT2D eigenvalue weighted by atomic mass is 19.1. The van der Waals surface area contributed by atoms with Crippen molar-refractivity contribution in [2.75, 3.05) is 11.5 Å². The standard InChI is InChI=1S/C11H15FN2O2/c1-11(2,3)16-10(15)8-6(13)4-5-7(14)9(8)12/h4-5H,13-14H2,1-3H3. The minimum atomic E-state index is -0.839. The van der Waals surface area contributed by atoms with Crippen molar-refractivity contribution in [3.63, 3.8) is 0 Å². The molecule has 0 aliphatic carbocycles. The number of carbonyl (C=O) groups is 1. The molecule has 88 valence electrons. The third-order valence-corrected chi connectivity index (χ3v) is 1.81. The van der Waals surface area contributed by atoms with Gasteiger partial charge in [-0.2, -0.15) is 0 Å². The normalized spacial score (nSPS) is 11.2. The highest BCUT2D eigenvalue weighted by Crippen LogP contribution is 2.24. The molecule has 0 saturated heterocycles. The molecule has 0 fully saturated rings. The fourth-order valence-electron chi connectivity index (χ4n) is 1.14. The second-order valence-electron chi connectivity index (χ2n) is 4.43. The van der Waals surface area contributed by atoms with E-state index in [1.807, 2.05) is 0 Å². The Morgan fingerprint density at radius 3 is 2.25 bits per heavy atom. The van der Waals surface area contributed by atoms with Gasteiger partial charge in [0, 0.05) is 5.69 Å². The smallest absolute Gasteiger partial charge is 0.343 e. The van der Waals surface area contributed by atoms with Gasteiger partial charge < -0.3 is 16.2 Å². The number of hydrogen-bond donors (Lipinski definition) is 2. The van der Waals surface area contributed by atoms with E-state index in [1.165, 1.54) is 12.1 Å². The largest absolute Gasteiger partial charge is 0.456 e. The quantitative estimate of drug-likeness (QED) is 0.566. The van der Waals surface area contributed by atoms with Crippen molar-refractivity contribution in [1.29, 1.82) is 0 Å². The molecule has 0 aliphatic heterocycles. The van der Waals surface area contributed by atoms with E-state index in [-0.39, 0.29) is 16.9 Å². The molecule has 4 nitrogen and oxygen atoms in total. The topological polar surface area (TPSA) is 78.3 Å². The Morgan fingerprint density at radius 2 is 1.75 bits per heavy atom. The van der Waals surface area contributed by atoms with Gasteiger partial charge in [-0.05, 0) is 32.9 Å². The fraction of sp³-hybridized carbons (Fsp3) is 0.364. The first-order chi connectivity index (χ1) is 7.22. The van der Waals surface area contributed by atoms with Crippen molar-refractivity contribution < 1.29 is 13.9 Å². The van der Waals surface area contributed by atoms with Crippen LogP contribution in [0.4, 0.5) is 15.8 Å². The lowest BCUT2D eigenvalue weighted by atomic mass is 10.1. The van der Waals surface area contributed by atoms with Crippen LogP contribution in [-0.4, -0.2) is 11.6 Å². The van der Waals surface area contributed by atoms with E-state index in [4.69, 9.17) is 16.2 Å². The number of ether oxygens (including phenoxy) is 1. The molecule has 4 N–H and O–H groups in total. The average Bonchev–Trinajstić information content (AvgIpc) is 2.09. The highest BCUT2D eigenvalue weighted by molar-refractivity contribution is 5.96. The molecule has 16 heavy (non-hydrogen) atoms. The SMILES string of the molecule is CC(C)(C)OC(=O)c1c(N)ccc(N)c1F. The Labute approximate surface area is 93.4 Å². The Hall–Kier alpha value is -1.78. The van der Waals surface area contributed by atoms with Gasteiger partial charge in [0.25, 0.3) is 0 Å². The molecule has 0 saturated carbocycles. The van der Waals surface area contributed by atoms with Crippen molar-refractivity contribution in [3.8, 4) is 0 Å². The Balaban J connectivity index is 3.14. The molecule has 0 radical (unpaired) electrons. The van der Waals surface area contributed by atoms with E-state index in [9.17, 15) is 9.18 Å². The summed E-state index contributed by atoms with van der Waals surface area (Å²) in [5.41, 5.74) is 9.73. The summed E-state index contributed by atoms with van der Waals surface area (Å²) >= 11 is 0. The number of hydrogen-bond acceptors (Lipinski definition) is 4. The first-order valence-corrected chi connectivity index (χ1v) is 4.79. The van der Waals surface area contributed by atoms with Gasteiger partial charge in [0.05, 0.1) is 5.69 Å². The van der Waals surface area contributed by atoms with Crippen molar-refractivity contribution in [2.24, 2.45) is 0 Å². The molecule has 0 amide bonds. The van der Waals surface area contributed by atoms with Crippen LogP contribution in [0.15, 0.2) is 12.1 Å². The third kappa shape index (κ3) is 2.62. The van der Waals surface area contributed by atoms with Crippen LogP contribution in [-0.2, 0) is 4.74 Å². The lowest BCUT2D eigenvalue weighted by Gasteiger charge is -2.20. The van der Waals surface area contributed by atoms with Gasteiger partial charge in [-0.1, -0.05) is 0 Å². The van der Waals surface area contributed by atoms with Gasteiger partial charge in [-0.15, -0.1) is 0 Å². The molecule has 1 aromatic carbocycles. The highest BCUT2D eigenvalue weighted by Gasteiger charge is 2.24. The molecule has 0 aromatic heterocycles. The van der Waals surface area contributed by atoms with Crippen LogP contribution in [0.1, 0.15) is 31.1 Å². The summed E-state index contributed by atoms with van der Waals surface area (Å²) < 4.78 is 18.6. The maximum Gasteiger partial charge on any atom is 0.343 e. The summed E-state index contributed by atoms with van der Waals surface area (Å²) in [5.74, 6) is -1.65. The fourth-order valence-corrected chi connectivity index (χ4v) is 1.14. The minimum Gasteiger partial charge on any atom is -0.456 e. The van der Waals surface area contributed by atoms with Crippen molar-refractivity contribution in [3.05, 3.63) is 23.5 Å². The van der Waals surface area contributed by atoms with Gasteiger partial charge in [-0.25, -0.2) is 9.18 Å². The monoisotopic (exact) mass is 226 g/mol. The van der Waals surface area contributed by atoms with E-state index < -0.39 is 17.4 Å². The number of halogens is 1. The Bertz CT molecular complexity index is 425. The summed E-state index contributed by atoms with van der Waals surface area (Å²) in [6, 6.07) is 2.68. The zero-order valence-corrected chi connectivity index (χ0v) is 9.50. The van der Waals surface area contributed by atoms with Crippen molar-refractivity contribution in [2.45, 2.75) is 26.4 Å². The number of nitrogen functional groups attached to an aromatic ring is 2. The number of rotatable bonds is 1. The molecule has 0 atom stereocenters. The zero-order chi connectivity index (χ0) is 12.5. The molecule has 5 heteroatoms. The second kappa shape index (κ2) is 4.00. The van der Waals surface area contributed by atoms with Crippen LogP contribution in [0, 0.1) is 5.82 Å². The molecular formula is C11H15FN2O2. The van der Waals surface area contributed by atoms with Crippen molar-refractivity contribution in [1.82, 2.24) is 0 Å². The van der Waals surface area contributed by atoms with Gasteiger partial charge >= 0.3 is 5.97 Å². The van der Waals surface area contributed by atoms with Crippen LogP contribution in [0.2, 0.25) is 0 Å². The number of nitrogens with two attached hydrogens (primary N) is 2. The molecule has 0 heterocycles. The average molecular weight is 226 g/mol. The molecule has 0 bridgehead atoms. The van der Waals surface area contributed by atoms with Crippen LogP contribution >= 0.6 is 0 Å². The van der Waals surface area contributed by atoms with E-state index >= 15 is 0 Å². The first-order valence-electron chi connectivity index (χ1n) is 4.79. The molecule has 1 aromatic rings. The summed E-state index contributed by atoms with van der Waals surface area (Å²) in [5, 5.41) is 0. The van der Waals surface area contributed by atoms with Crippen LogP contribution < -0.4 is 11.5 Å². The summed E-state index contributed by atoms with van der Waals surface area (Å²) in [7, 11) is 0. The van der Waals surface area contributed by atoms with E-state index in [2.05, 4.69) is 0 Å². The summed E-state index contributed by atoms with van der Waals surface area (Å²) in [6.45, 7) is 5.06. The molecule has 0 unspecified atom stereocenters. The van der Waals surface area contributed by atoms with Gasteiger partial charge in [0.1, 0.15) is 11.2 Å². The van der Waals surface area contributed by atoms with Gasteiger partial charge in [-0.3, -0.25) is 0 Å². The maximum absolute atomic E-state index is 13.6. The Morgan fingerprint density at radius 1 is 1.25 bits per heavy atom. The lowest BCUT2D eigenvalue weighted by molar-refractivity contribution is 0.00662. The minimum absolute atomic E-state index is 0.0148. The molecule has 0 aliphatic rings. The van der Waals surface area contributed by atoms with Gasteiger partial charge in [0.15, 0.2) is 5.82 Å². The Kier molecular flexibility index (Phi) is 3.07. The molecule has 1 rings (SSSR count). The molecular weight excluding hydrogens is 211 g/mol. The number of anilines is 2. The van der Waals surface area contributed by atoms with Crippen molar-refractivity contribution >= 4 is 17.3 Å². The van der Waals surface area contributed by atoms with Crippen LogP contribution in [0.3, 0.4) is 0 Å². The molecule has 0 spiro atoms. The number of carbonyl (C=O) groups excluding carboxylic acids is 1. The van der Waals surface area contributed by atoms with E-state index in [0.717, 1.165) is 0 Å². The van der Waals surface area contributed by atoms with E-state index in [0.29, 0.717) is 0 Å². The van der Waals surface area contributed by atoms with Crippen LogP contribution in [0.5, 0.6) is 0 Å². The third-order valence-electron chi connectivity index (χ3n) is 1.81.